The lowest BCUT2D eigenvalue weighted by atomic mass is 10.0. The van der Waals surface area contributed by atoms with Gasteiger partial charge in [0.2, 0.25) is 0 Å². The van der Waals surface area contributed by atoms with Crippen LogP contribution in [0, 0.1) is 5.82 Å². The van der Waals surface area contributed by atoms with Crippen molar-refractivity contribution in [3.63, 3.8) is 0 Å². The Labute approximate surface area is 122 Å². The average molecular weight is 294 g/mol. The summed E-state index contributed by atoms with van der Waals surface area (Å²) in [5.74, 6) is 5.48. The number of aryl methyl sites for hydroxylation is 1. The molecular formula is C15H19FN2OS. The molecule has 2 rings (SSSR count). The molecule has 3 N–H and O–H groups in total. The Bertz CT molecular complexity index is 531. The standard InChI is InChI=1S/C15H19FN2OS/c1-19-14-9-3-7-12(15(14)16)13(18-17)8-2-5-11-6-4-10-20-11/h3-4,6-7,9-10,13,18H,2,5,8,17H2,1H3. The topological polar surface area (TPSA) is 47.3 Å². The Morgan fingerprint density at radius 3 is 2.85 bits per heavy atom. The maximum Gasteiger partial charge on any atom is 0.169 e. The minimum absolute atomic E-state index is 0.204. The van der Waals surface area contributed by atoms with E-state index in [9.17, 15) is 4.39 Å². The highest BCUT2D eigenvalue weighted by atomic mass is 32.1. The molecule has 0 aliphatic rings. The normalized spacial score (nSPS) is 12.3. The minimum Gasteiger partial charge on any atom is -0.494 e. The van der Waals surface area contributed by atoms with Crippen molar-refractivity contribution in [3.8, 4) is 5.75 Å². The second kappa shape index (κ2) is 7.38. The lowest BCUT2D eigenvalue weighted by molar-refractivity contribution is 0.377. The van der Waals surface area contributed by atoms with Gasteiger partial charge in [-0.25, -0.2) is 4.39 Å². The van der Waals surface area contributed by atoms with E-state index < -0.39 is 0 Å². The first-order valence-electron chi connectivity index (χ1n) is 6.57. The number of halogens is 1. The quantitative estimate of drug-likeness (QED) is 0.607. The van der Waals surface area contributed by atoms with E-state index in [-0.39, 0.29) is 17.6 Å². The van der Waals surface area contributed by atoms with Crippen LogP contribution in [0.4, 0.5) is 4.39 Å². The summed E-state index contributed by atoms with van der Waals surface area (Å²) in [5, 5.41) is 2.07. The van der Waals surface area contributed by atoms with E-state index in [1.807, 2.05) is 6.07 Å². The number of ether oxygens (including phenoxy) is 1. The molecule has 0 saturated carbocycles. The van der Waals surface area contributed by atoms with Crippen molar-refractivity contribution in [2.45, 2.75) is 25.3 Å². The molecular weight excluding hydrogens is 275 g/mol. The zero-order valence-electron chi connectivity index (χ0n) is 11.4. The van der Waals surface area contributed by atoms with Gasteiger partial charge in [0.1, 0.15) is 0 Å². The molecule has 1 heterocycles. The molecule has 1 aromatic carbocycles. The zero-order chi connectivity index (χ0) is 14.4. The lowest BCUT2D eigenvalue weighted by Crippen LogP contribution is -2.28. The highest BCUT2D eigenvalue weighted by molar-refractivity contribution is 7.09. The van der Waals surface area contributed by atoms with Gasteiger partial charge in [-0.05, 0) is 36.8 Å². The molecule has 0 aliphatic heterocycles. The molecule has 0 spiro atoms. The number of methoxy groups -OCH3 is 1. The summed E-state index contributed by atoms with van der Waals surface area (Å²) in [5.41, 5.74) is 3.25. The number of hydrogen-bond acceptors (Lipinski definition) is 4. The van der Waals surface area contributed by atoms with E-state index in [0.29, 0.717) is 5.56 Å². The maximum absolute atomic E-state index is 14.2. The van der Waals surface area contributed by atoms with Gasteiger partial charge in [0.15, 0.2) is 11.6 Å². The molecule has 3 nitrogen and oxygen atoms in total. The van der Waals surface area contributed by atoms with Crippen LogP contribution < -0.4 is 16.0 Å². The number of hydrogen-bond donors (Lipinski definition) is 2. The predicted octanol–water partition coefficient (Wildman–Crippen LogP) is 3.42. The molecule has 0 fully saturated rings. The SMILES string of the molecule is COc1cccc(C(CCCc2cccs2)NN)c1F. The third-order valence-electron chi connectivity index (χ3n) is 3.29. The molecule has 0 amide bonds. The van der Waals surface area contributed by atoms with Crippen LogP contribution in [0.1, 0.15) is 29.3 Å². The third-order valence-corrected chi connectivity index (χ3v) is 4.22. The first-order valence-corrected chi connectivity index (χ1v) is 7.45. The van der Waals surface area contributed by atoms with E-state index in [0.717, 1.165) is 19.3 Å². The Morgan fingerprint density at radius 1 is 1.35 bits per heavy atom. The van der Waals surface area contributed by atoms with E-state index >= 15 is 0 Å². The number of rotatable bonds is 7. The molecule has 1 aromatic heterocycles. The summed E-state index contributed by atoms with van der Waals surface area (Å²) in [6.45, 7) is 0. The highest BCUT2D eigenvalue weighted by Gasteiger charge is 2.17. The van der Waals surface area contributed by atoms with Gasteiger partial charge >= 0.3 is 0 Å². The van der Waals surface area contributed by atoms with Crippen LogP contribution in [-0.4, -0.2) is 7.11 Å². The molecule has 1 atom stereocenters. The van der Waals surface area contributed by atoms with Crippen LogP contribution in [0.25, 0.3) is 0 Å². The van der Waals surface area contributed by atoms with Gasteiger partial charge in [0.25, 0.3) is 0 Å². The fourth-order valence-electron chi connectivity index (χ4n) is 2.22. The zero-order valence-corrected chi connectivity index (χ0v) is 12.3. The van der Waals surface area contributed by atoms with Crippen LogP contribution in [0.5, 0.6) is 5.75 Å². The van der Waals surface area contributed by atoms with Gasteiger partial charge in [-0.1, -0.05) is 18.2 Å². The maximum atomic E-state index is 14.2. The molecule has 20 heavy (non-hydrogen) atoms. The molecule has 0 saturated heterocycles. The number of benzene rings is 1. The summed E-state index contributed by atoms with van der Waals surface area (Å²) in [7, 11) is 1.46. The number of thiophene rings is 1. The Kier molecular flexibility index (Phi) is 5.52. The first-order chi connectivity index (χ1) is 9.76. The van der Waals surface area contributed by atoms with Crippen molar-refractivity contribution < 1.29 is 9.13 Å². The molecule has 0 bridgehead atoms. The van der Waals surface area contributed by atoms with E-state index in [1.54, 1.807) is 29.5 Å². The summed E-state index contributed by atoms with van der Waals surface area (Å²) >= 11 is 1.74. The summed E-state index contributed by atoms with van der Waals surface area (Å²) in [6, 6.07) is 9.08. The van der Waals surface area contributed by atoms with Crippen molar-refractivity contribution in [2.24, 2.45) is 5.84 Å². The smallest absolute Gasteiger partial charge is 0.169 e. The lowest BCUT2D eigenvalue weighted by Gasteiger charge is -2.18. The van der Waals surface area contributed by atoms with E-state index in [4.69, 9.17) is 10.6 Å². The predicted molar refractivity (Wildman–Crippen MR) is 80.3 cm³/mol. The van der Waals surface area contributed by atoms with E-state index in [1.165, 1.54) is 12.0 Å². The van der Waals surface area contributed by atoms with Gasteiger partial charge in [-0.15, -0.1) is 11.3 Å². The Hall–Kier alpha value is -1.43. The first kappa shape index (κ1) is 15.0. The van der Waals surface area contributed by atoms with Crippen LogP contribution in [-0.2, 0) is 6.42 Å². The fourth-order valence-corrected chi connectivity index (χ4v) is 2.97. The van der Waals surface area contributed by atoms with Gasteiger partial charge < -0.3 is 4.74 Å². The van der Waals surface area contributed by atoms with Crippen LogP contribution in [0.3, 0.4) is 0 Å². The van der Waals surface area contributed by atoms with Crippen molar-refractivity contribution in [1.29, 1.82) is 0 Å². The highest BCUT2D eigenvalue weighted by Crippen LogP contribution is 2.27. The van der Waals surface area contributed by atoms with Crippen LogP contribution in [0.15, 0.2) is 35.7 Å². The second-order valence-corrected chi connectivity index (χ2v) is 5.59. The summed E-state index contributed by atoms with van der Waals surface area (Å²) in [4.78, 5) is 1.34. The third kappa shape index (κ3) is 3.56. The summed E-state index contributed by atoms with van der Waals surface area (Å²) < 4.78 is 19.2. The number of nitrogens with two attached hydrogens (primary N) is 1. The van der Waals surface area contributed by atoms with Gasteiger partial charge in [-0.3, -0.25) is 11.3 Å². The van der Waals surface area contributed by atoms with Gasteiger partial charge in [-0.2, -0.15) is 0 Å². The number of hydrazine groups is 1. The van der Waals surface area contributed by atoms with Crippen molar-refractivity contribution in [1.82, 2.24) is 5.43 Å². The van der Waals surface area contributed by atoms with Crippen LogP contribution in [0.2, 0.25) is 0 Å². The Balaban J connectivity index is 2.00. The van der Waals surface area contributed by atoms with Gasteiger partial charge in [0.05, 0.1) is 7.11 Å². The minimum atomic E-state index is -0.339. The molecule has 108 valence electrons. The largest absolute Gasteiger partial charge is 0.494 e. The van der Waals surface area contributed by atoms with Crippen molar-refractivity contribution in [3.05, 3.63) is 52.0 Å². The fraction of sp³-hybridized carbons (Fsp3) is 0.333. The van der Waals surface area contributed by atoms with Crippen molar-refractivity contribution >= 4 is 11.3 Å². The molecule has 2 aromatic rings. The Morgan fingerprint density at radius 2 is 2.20 bits per heavy atom. The summed E-state index contributed by atoms with van der Waals surface area (Å²) in [6.07, 6.45) is 2.71. The molecule has 0 aliphatic carbocycles. The second-order valence-electron chi connectivity index (χ2n) is 4.55. The average Bonchev–Trinajstić information content (AvgIpc) is 2.98. The molecule has 5 heteroatoms. The molecule has 0 radical (unpaired) electrons. The van der Waals surface area contributed by atoms with Crippen molar-refractivity contribution in [2.75, 3.05) is 7.11 Å². The van der Waals surface area contributed by atoms with Crippen LogP contribution >= 0.6 is 11.3 Å². The number of nitrogens with one attached hydrogen (secondary N) is 1. The van der Waals surface area contributed by atoms with E-state index in [2.05, 4.69) is 16.9 Å². The monoisotopic (exact) mass is 294 g/mol. The van der Waals surface area contributed by atoms with Gasteiger partial charge in [0, 0.05) is 16.5 Å². The molecule has 1 unspecified atom stereocenters.